The van der Waals surface area contributed by atoms with Gasteiger partial charge in [0.25, 0.3) is 0 Å². The molecule has 0 amide bonds. The highest BCUT2D eigenvalue weighted by Crippen LogP contribution is 2.10. The van der Waals surface area contributed by atoms with Crippen molar-refractivity contribution in [1.29, 1.82) is 0 Å². The Labute approximate surface area is 62.7 Å². The molecule has 4 nitrogen and oxygen atoms in total. The van der Waals surface area contributed by atoms with Gasteiger partial charge in [0.1, 0.15) is 5.51 Å². The average molecular weight is 156 g/mol. The Morgan fingerprint density at radius 3 is 3.10 bits per heavy atom. The van der Waals surface area contributed by atoms with Crippen LogP contribution in [0.3, 0.4) is 0 Å². The van der Waals surface area contributed by atoms with E-state index >= 15 is 0 Å². The van der Waals surface area contributed by atoms with Crippen molar-refractivity contribution in [2.45, 2.75) is 6.04 Å². The first kappa shape index (κ1) is 6.06. The molecule has 10 heavy (non-hydrogen) atoms. The third-order valence-corrected chi connectivity index (χ3v) is 2.09. The van der Waals surface area contributed by atoms with Crippen molar-refractivity contribution in [1.82, 2.24) is 15.5 Å². The van der Waals surface area contributed by atoms with Crippen LogP contribution >= 0.6 is 11.3 Å². The topological polar surface area (TPSA) is 49.8 Å². The molecule has 2 N–H and O–H groups in total. The lowest BCUT2D eigenvalue weighted by atomic mass is 10.2. The number of aromatic nitrogens is 2. The molecule has 2 heterocycles. The van der Waals surface area contributed by atoms with Crippen molar-refractivity contribution in [2.75, 3.05) is 18.4 Å². The van der Waals surface area contributed by atoms with Crippen LogP contribution in [-0.2, 0) is 0 Å². The van der Waals surface area contributed by atoms with Gasteiger partial charge in [0.2, 0.25) is 5.13 Å². The highest BCUT2D eigenvalue weighted by atomic mass is 32.1. The molecule has 1 aliphatic rings. The molecule has 0 aliphatic carbocycles. The van der Waals surface area contributed by atoms with Gasteiger partial charge >= 0.3 is 0 Å². The van der Waals surface area contributed by atoms with Gasteiger partial charge < -0.3 is 10.6 Å². The Hall–Kier alpha value is -0.680. The van der Waals surface area contributed by atoms with E-state index < -0.39 is 0 Å². The van der Waals surface area contributed by atoms with Crippen molar-refractivity contribution < 1.29 is 0 Å². The maximum atomic E-state index is 3.87. The van der Waals surface area contributed by atoms with E-state index in [4.69, 9.17) is 0 Å². The van der Waals surface area contributed by atoms with Crippen LogP contribution in [-0.4, -0.2) is 29.3 Å². The maximum Gasteiger partial charge on any atom is 0.205 e. The number of anilines is 1. The summed E-state index contributed by atoms with van der Waals surface area (Å²) in [6.45, 7) is 2.08. The number of nitrogens with zero attached hydrogens (tertiary/aromatic N) is 2. The van der Waals surface area contributed by atoms with Crippen LogP contribution in [0.5, 0.6) is 0 Å². The van der Waals surface area contributed by atoms with E-state index in [9.17, 15) is 0 Å². The van der Waals surface area contributed by atoms with Gasteiger partial charge in [0, 0.05) is 13.1 Å². The highest BCUT2D eigenvalue weighted by molar-refractivity contribution is 7.13. The fraction of sp³-hybridized carbons (Fsp3) is 0.600. The number of rotatable bonds is 2. The molecule has 0 aromatic carbocycles. The summed E-state index contributed by atoms with van der Waals surface area (Å²) in [5, 5.41) is 14.9. The van der Waals surface area contributed by atoms with Crippen molar-refractivity contribution in [2.24, 2.45) is 0 Å². The maximum absolute atomic E-state index is 3.87. The monoisotopic (exact) mass is 156 g/mol. The summed E-state index contributed by atoms with van der Waals surface area (Å²) in [4.78, 5) is 0. The Morgan fingerprint density at radius 1 is 1.70 bits per heavy atom. The van der Waals surface area contributed by atoms with Gasteiger partial charge in [-0.1, -0.05) is 11.3 Å². The normalized spacial score (nSPS) is 18.4. The molecular formula is C5H8N4S. The van der Waals surface area contributed by atoms with E-state index in [0.717, 1.165) is 18.2 Å². The average Bonchev–Trinajstić information content (AvgIpc) is 2.29. The third kappa shape index (κ3) is 1.10. The van der Waals surface area contributed by atoms with Crippen LogP contribution in [0.25, 0.3) is 0 Å². The van der Waals surface area contributed by atoms with E-state index in [1.807, 2.05) is 0 Å². The summed E-state index contributed by atoms with van der Waals surface area (Å²) in [7, 11) is 0. The Morgan fingerprint density at radius 2 is 2.60 bits per heavy atom. The summed E-state index contributed by atoms with van der Waals surface area (Å²) in [6, 6.07) is 0.563. The zero-order valence-electron chi connectivity index (χ0n) is 5.37. The number of nitrogens with one attached hydrogen (secondary N) is 2. The molecule has 0 atom stereocenters. The van der Waals surface area contributed by atoms with E-state index in [0.29, 0.717) is 6.04 Å². The second-order valence-corrected chi connectivity index (χ2v) is 3.08. The Balaban J connectivity index is 1.90. The second kappa shape index (κ2) is 2.51. The van der Waals surface area contributed by atoms with Crippen LogP contribution in [0.4, 0.5) is 5.13 Å². The Kier molecular flexibility index (Phi) is 1.52. The first-order valence-corrected chi connectivity index (χ1v) is 4.06. The molecule has 54 valence electrons. The van der Waals surface area contributed by atoms with Crippen molar-refractivity contribution in [3.8, 4) is 0 Å². The number of hydrogen-bond donors (Lipinski definition) is 2. The number of hydrogen-bond acceptors (Lipinski definition) is 5. The molecule has 0 spiro atoms. The molecule has 1 aliphatic heterocycles. The van der Waals surface area contributed by atoms with Gasteiger partial charge in [-0.15, -0.1) is 10.2 Å². The highest BCUT2D eigenvalue weighted by Gasteiger charge is 2.16. The first-order chi connectivity index (χ1) is 4.95. The van der Waals surface area contributed by atoms with Gasteiger partial charge in [0.05, 0.1) is 6.04 Å². The third-order valence-electron chi connectivity index (χ3n) is 1.47. The van der Waals surface area contributed by atoms with E-state index in [1.54, 1.807) is 5.51 Å². The van der Waals surface area contributed by atoms with Crippen LogP contribution < -0.4 is 10.6 Å². The first-order valence-electron chi connectivity index (χ1n) is 3.18. The molecule has 1 fully saturated rings. The molecule has 0 unspecified atom stereocenters. The largest absolute Gasteiger partial charge is 0.355 e. The fourth-order valence-electron chi connectivity index (χ4n) is 0.801. The van der Waals surface area contributed by atoms with E-state index in [1.165, 1.54) is 11.3 Å². The fourth-order valence-corrected chi connectivity index (χ4v) is 1.32. The summed E-state index contributed by atoms with van der Waals surface area (Å²) in [6.07, 6.45) is 0. The minimum Gasteiger partial charge on any atom is -0.355 e. The second-order valence-electron chi connectivity index (χ2n) is 2.24. The van der Waals surface area contributed by atoms with Crippen molar-refractivity contribution in [3.05, 3.63) is 5.51 Å². The van der Waals surface area contributed by atoms with Gasteiger partial charge in [-0.3, -0.25) is 0 Å². The smallest absolute Gasteiger partial charge is 0.205 e. The minimum atomic E-state index is 0.563. The zero-order valence-corrected chi connectivity index (χ0v) is 6.19. The quantitative estimate of drug-likeness (QED) is 0.629. The summed E-state index contributed by atoms with van der Waals surface area (Å²) >= 11 is 1.54. The zero-order chi connectivity index (χ0) is 6.81. The SMILES string of the molecule is c1nnc(NC2CNC2)s1. The van der Waals surface area contributed by atoms with E-state index in [2.05, 4.69) is 20.8 Å². The van der Waals surface area contributed by atoms with Gasteiger partial charge in [0.15, 0.2) is 0 Å². The predicted octanol–water partition coefficient (Wildman–Crippen LogP) is -0.0782. The molecule has 1 aromatic rings. The van der Waals surface area contributed by atoms with Crippen molar-refractivity contribution >= 4 is 16.5 Å². The molecule has 0 bridgehead atoms. The summed E-state index contributed by atoms with van der Waals surface area (Å²) < 4.78 is 0. The molecular weight excluding hydrogens is 148 g/mol. The lowest BCUT2D eigenvalue weighted by Gasteiger charge is -2.27. The van der Waals surface area contributed by atoms with Crippen molar-refractivity contribution in [3.63, 3.8) is 0 Å². The summed E-state index contributed by atoms with van der Waals surface area (Å²) in [5.41, 5.74) is 1.73. The van der Waals surface area contributed by atoms with E-state index in [-0.39, 0.29) is 0 Å². The standard InChI is InChI=1S/C5H8N4S/c1-4(2-6-1)8-5-9-7-3-10-5/h3-4,6H,1-2H2,(H,8,9). The van der Waals surface area contributed by atoms with Crippen LogP contribution in [0.2, 0.25) is 0 Å². The molecule has 2 rings (SSSR count). The van der Waals surface area contributed by atoms with Gasteiger partial charge in [-0.05, 0) is 0 Å². The van der Waals surface area contributed by atoms with Gasteiger partial charge in [-0.2, -0.15) is 0 Å². The lowest BCUT2D eigenvalue weighted by molar-refractivity contribution is 0.471. The lowest BCUT2D eigenvalue weighted by Crippen LogP contribution is -2.51. The molecule has 0 saturated carbocycles. The predicted molar refractivity (Wildman–Crippen MR) is 40.2 cm³/mol. The Bertz CT molecular complexity index is 193. The summed E-state index contributed by atoms with van der Waals surface area (Å²) in [5.74, 6) is 0. The molecule has 1 saturated heterocycles. The van der Waals surface area contributed by atoms with Crippen LogP contribution in [0.15, 0.2) is 5.51 Å². The van der Waals surface area contributed by atoms with Gasteiger partial charge in [-0.25, -0.2) is 0 Å². The molecule has 5 heteroatoms. The minimum absolute atomic E-state index is 0.563. The molecule has 1 aromatic heterocycles. The van der Waals surface area contributed by atoms with Crippen LogP contribution in [0, 0.1) is 0 Å². The molecule has 0 radical (unpaired) electrons. The van der Waals surface area contributed by atoms with Crippen LogP contribution in [0.1, 0.15) is 0 Å².